The van der Waals surface area contributed by atoms with Crippen LogP contribution in [0.3, 0.4) is 0 Å². The van der Waals surface area contributed by atoms with Gasteiger partial charge in [-0.05, 0) is 30.9 Å². The third-order valence-electron chi connectivity index (χ3n) is 3.99. The van der Waals surface area contributed by atoms with Crippen molar-refractivity contribution in [2.24, 2.45) is 5.73 Å². The molecule has 2 N–H and O–H groups in total. The standard InChI is InChI=1S/C16H25ClN2S/c1-3-13(18)10-12-6-5-7-15(17)16(12)19-8-9-20-14(4-2)11-19/h5-7,13-14H,3-4,8-11,18H2,1-2H3. The fourth-order valence-electron chi connectivity index (χ4n) is 2.68. The first-order chi connectivity index (χ1) is 9.65. The minimum atomic E-state index is 0.216. The lowest BCUT2D eigenvalue weighted by atomic mass is 10.0. The lowest BCUT2D eigenvalue weighted by molar-refractivity contribution is 0.642. The zero-order chi connectivity index (χ0) is 14.5. The second kappa shape index (κ2) is 7.58. The van der Waals surface area contributed by atoms with Crippen molar-refractivity contribution >= 4 is 29.1 Å². The quantitative estimate of drug-likeness (QED) is 0.892. The van der Waals surface area contributed by atoms with Gasteiger partial charge in [-0.2, -0.15) is 11.8 Å². The zero-order valence-electron chi connectivity index (χ0n) is 12.4. The van der Waals surface area contributed by atoms with Crippen LogP contribution in [-0.4, -0.2) is 30.1 Å². The summed E-state index contributed by atoms with van der Waals surface area (Å²) >= 11 is 8.57. The smallest absolute Gasteiger partial charge is 0.0642 e. The average Bonchev–Trinajstić information content (AvgIpc) is 2.47. The first-order valence-corrected chi connectivity index (χ1v) is 8.97. The van der Waals surface area contributed by atoms with Gasteiger partial charge in [0.1, 0.15) is 0 Å². The molecule has 0 spiro atoms. The lowest BCUT2D eigenvalue weighted by Crippen LogP contribution is -2.38. The Labute approximate surface area is 132 Å². The van der Waals surface area contributed by atoms with Crippen LogP contribution in [0.25, 0.3) is 0 Å². The van der Waals surface area contributed by atoms with Crippen molar-refractivity contribution in [2.75, 3.05) is 23.7 Å². The van der Waals surface area contributed by atoms with Gasteiger partial charge in [-0.3, -0.25) is 0 Å². The highest BCUT2D eigenvalue weighted by molar-refractivity contribution is 8.00. The first-order valence-electron chi connectivity index (χ1n) is 7.55. The number of nitrogens with two attached hydrogens (primary N) is 1. The van der Waals surface area contributed by atoms with Crippen molar-refractivity contribution < 1.29 is 0 Å². The van der Waals surface area contributed by atoms with Crippen LogP contribution < -0.4 is 10.6 Å². The van der Waals surface area contributed by atoms with Crippen molar-refractivity contribution in [3.05, 3.63) is 28.8 Å². The van der Waals surface area contributed by atoms with Gasteiger partial charge in [0.15, 0.2) is 0 Å². The SMILES string of the molecule is CCC(N)Cc1cccc(Cl)c1N1CCSC(CC)C1. The number of rotatable bonds is 5. The molecule has 0 saturated carbocycles. The molecule has 2 unspecified atom stereocenters. The number of anilines is 1. The third-order valence-corrected chi connectivity index (χ3v) is 5.66. The van der Waals surface area contributed by atoms with Crippen LogP contribution in [0.15, 0.2) is 18.2 Å². The topological polar surface area (TPSA) is 29.3 Å². The Morgan fingerprint density at radius 3 is 2.95 bits per heavy atom. The molecule has 2 rings (SSSR count). The van der Waals surface area contributed by atoms with Crippen molar-refractivity contribution in [3.8, 4) is 0 Å². The van der Waals surface area contributed by atoms with Gasteiger partial charge >= 0.3 is 0 Å². The number of hydrogen-bond donors (Lipinski definition) is 1. The molecule has 1 aliphatic heterocycles. The maximum atomic E-state index is 6.49. The van der Waals surface area contributed by atoms with Crippen molar-refractivity contribution in [1.82, 2.24) is 0 Å². The maximum Gasteiger partial charge on any atom is 0.0642 e. The van der Waals surface area contributed by atoms with Gasteiger partial charge in [0.25, 0.3) is 0 Å². The minimum absolute atomic E-state index is 0.216. The monoisotopic (exact) mass is 312 g/mol. The Kier molecular flexibility index (Phi) is 6.06. The predicted molar refractivity (Wildman–Crippen MR) is 92.2 cm³/mol. The van der Waals surface area contributed by atoms with Crippen LogP contribution in [0.1, 0.15) is 32.3 Å². The highest BCUT2D eigenvalue weighted by atomic mass is 35.5. The molecular weight excluding hydrogens is 288 g/mol. The number of nitrogens with zero attached hydrogens (tertiary/aromatic N) is 1. The molecule has 0 aliphatic carbocycles. The Balaban J connectivity index is 2.24. The second-order valence-electron chi connectivity index (χ2n) is 5.47. The van der Waals surface area contributed by atoms with E-state index in [0.29, 0.717) is 5.25 Å². The number of thioether (sulfide) groups is 1. The summed E-state index contributed by atoms with van der Waals surface area (Å²) in [4.78, 5) is 2.46. The van der Waals surface area contributed by atoms with E-state index in [1.807, 2.05) is 12.1 Å². The van der Waals surface area contributed by atoms with E-state index in [-0.39, 0.29) is 6.04 Å². The van der Waals surface area contributed by atoms with Crippen LogP contribution in [0.2, 0.25) is 5.02 Å². The zero-order valence-corrected chi connectivity index (χ0v) is 14.0. The van der Waals surface area contributed by atoms with E-state index >= 15 is 0 Å². The molecule has 2 nitrogen and oxygen atoms in total. The summed E-state index contributed by atoms with van der Waals surface area (Å²) in [6, 6.07) is 6.44. The van der Waals surface area contributed by atoms with E-state index in [2.05, 4.69) is 36.6 Å². The molecule has 1 saturated heterocycles. The van der Waals surface area contributed by atoms with Crippen LogP contribution in [0.4, 0.5) is 5.69 Å². The molecule has 4 heteroatoms. The number of benzene rings is 1. The Morgan fingerprint density at radius 2 is 2.25 bits per heavy atom. The van der Waals surface area contributed by atoms with Gasteiger partial charge in [0.2, 0.25) is 0 Å². The Hall–Kier alpha value is -0.380. The van der Waals surface area contributed by atoms with Gasteiger partial charge in [-0.15, -0.1) is 0 Å². The van der Waals surface area contributed by atoms with E-state index in [1.54, 1.807) is 0 Å². The van der Waals surface area contributed by atoms with E-state index in [1.165, 1.54) is 23.4 Å². The van der Waals surface area contributed by atoms with Crippen molar-refractivity contribution in [1.29, 1.82) is 0 Å². The third kappa shape index (κ3) is 3.84. The van der Waals surface area contributed by atoms with E-state index in [9.17, 15) is 0 Å². The fourth-order valence-corrected chi connectivity index (χ4v) is 4.17. The molecule has 1 fully saturated rings. The summed E-state index contributed by atoms with van der Waals surface area (Å²) in [5, 5.41) is 1.58. The molecule has 0 radical (unpaired) electrons. The molecule has 1 aromatic carbocycles. The summed E-state index contributed by atoms with van der Waals surface area (Å²) in [5.74, 6) is 1.18. The van der Waals surface area contributed by atoms with Crippen molar-refractivity contribution in [2.45, 2.75) is 44.4 Å². The number of para-hydroxylation sites is 1. The Morgan fingerprint density at radius 1 is 1.45 bits per heavy atom. The second-order valence-corrected chi connectivity index (χ2v) is 7.28. The number of hydrogen-bond acceptors (Lipinski definition) is 3. The molecule has 1 aliphatic rings. The van der Waals surface area contributed by atoms with Crippen molar-refractivity contribution in [3.63, 3.8) is 0 Å². The largest absolute Gasteiger partial charge is 0.368 e. The summed E-state index contributed by atoms with van der Waals surface area (Å²) in [6.07, 6.45) is 3.13. The summed E-state index contributed by atoms with van der Waals surface area (Å²) in [6.45, 7) is 6.58. The molecule has 0 aromatic heterocycles. The molecule has 0 amide bonds. The fraction of sp³-hybridized carbons (Fsp3) is 0.625. The molecular formula is C16H25ClN2S. The van der Waals surface area contributed by atoms with E-state index < -0.39 is 0 Å². The van der Waals surface area contributed by atoms with Gasteiger partial charge in [0, 0.05) is 30.1 Å². The highest BCUT2D eigenvalue weighted by Crippen LogP contribution is 2.34. The van der Waals surface area contributed by atoms with Crippen LogP contribution in [-0.2, 0) is 6.42 Å². The van der Waals surface area contributed by atoms with E-state index in [0.717, 1.165) is 31.0 Å². The van der Waals surface area contributed by atoms with Crippen LogP contribution in [0, 0.1) is 0 Å². The minimum Gasteiger partial charge on any atom is -0.368 e. The summed E-state index contributed by atoms with van der Waals surface area (Å²) in [5.41, 5.74) is 8.66. The summed E-state index contributed by atoms with van der Waals surface area (Å²) < 4.78 is 0. The molecule has 2 atom stereocenters. The average molecular weight is 313 g/mol. The molecule has 1 aromatic rings. The maximum absolute atomic E-state index is 6.49. The Bertz CT molecular complexity index is 438. The van der Waals surface area contributed by atoms with Crippen LogP contribution >= 0.6 is 23.4 Å². The molecule has 112 valence electrons. The molecule has 0 bridgehead atoms. The van der Waals surface area contributed by atoms with Crippen LogP contribution in [0.5, 0.6) is 0 Å². The summed E-state index contributed by atoms with van der Waals surface area (Å²) in [7, 11) is 0. The molecule has 20 heavy (non-hydrogen) atoms. The lowest BCUT2D eigenvalue weighted by Gasteiger charge is -2.35. The van der Waals surface area contributed by atoms with E-state index in [4.69, 9.17) is 17.3 Å². The highest BCUT2D eigenvalue weighted by Gasteiger charge is 2.23. The predicted octanol–water partition coefficient (Wildman–Crippen LogP) is 3.95. The normalized spacial score (nSPS) is 21.0. The van der Waals surface area contributed by atoms with Gasteiger partial charge in [-0.1, -0.05) is 37.6 Å². The van der Waals surface area contributed by atoms with Gasteiger partial charge < -0.3 is 10.6 Å². The first kappa shape index (κ1) is 16.0. The number of halogens is 1. The van der Waals surface area contributed by atoms with Gasteiger partial charge in [-0.25, -0.2) is 0 Å². The van der Waals surface area contributed by atoms with Gasteiger partial charge in [0.05, 0.1) is 10.7 Å². The molecule has 1 heterocycles.